The topological polar surface area (TPSA) is 72.2 Å². The van der Waals surface area contributed by atoms with E-state index in [1.807, 2.05) is 0 Å². The summed E-state index contributed by atoms with van der Waals surface area (Å²) in [5.74, 6) is 0.684. The molecule has 3 N–H and O–H groups in total. The van der Waals surface area contributed by atoms with Crippen LogP contribution in [0, 0.1) is 5.92 Å². The SMILES string of the molecule is CC1CCC(NS(=O)(=O)CCN)C1. The van der Waals surface area contributed by atoms with Gasteiger partial charge >= 0.3 is 0 Å². The van der Waals surface area contributed by atoms with Crippen LogP contribution in [-0.2, 0) is 10.0 Å². The van der Waals surface area contributed by atoms with E-state index in [4.69, 9.17) is 5.73 Å². The van der Waals surface area contributed by atoms with Gasteiger partial charge in [-0.2, -0.15) is 0 Å². The van der Waals surface area contributed by atoms with Crippen molar-refractivity contribution in [2.45, 2.75) is 32.2 Å². The van der Waals surface area contributed by atoms with Gasteiger partial charge in [0.05, 0.1) is 5.75 Å². The summed E-state index contributed by atoms with van der Waals surface area (Å²) in [7, 11) is -3.11. The fourth-order valence-corrected chi connectivity index (χ4v) is 2.93. The highest BCUT2D eigenvalue weighted by atomic mass is 32.2. The van der Waals surface area contributed by atoms with Gasteiger partial charge in [-0.15, -0.1) is 0 Å². The molecule has 5 heteroatoms. The molecule has 1 aliphatic carbocycles. The summed E-state index contributed by atoms with van der Waals surface area (Å²) in [6.07, 6.45) is 3.05. The van der Waals surface area contributed by atoms with E-state index >= 15 is 0 Å². The highest BCUT2D eigenvalue weighted by molar-refractivity contribution is 7.89. The van der Waals surface area contributed by atoms with Gasteiger partial charge in [0.1, 0.15) is 0 Å². The Morgan fingerprint density at radius 2 is 2.15 bits per heavy atom. The zero-order chi connectivity index (χ0) is 9.90. The van der Waals surface area contributed by atoms with Crippen LogP contribution < -0.4 is 10.5 Å². The standard InChI is InChI=1S/C8H18N2O2S/c1-7-2-3-8(6-7)10-13(11,12)5-4-9/h7-8,10H,2-6,9H2,1H3. The summed E-state index contributed by atoms with van der Waals surface area (Å²) in [4.78, 5) is 0. The highest BCUT2D eigenvalue weighted by Gasteiger charge is 2.24. The van der Waals surface area contributed by atoms with Gasteiger partial charge in [-0.3, -0.25) is 0 Å². The third-order valence-electron chi connectivity index (χ3n) is 2.43. The Labute approximate surface area is 79.9 Å². The maximum Gasteiger partial charge on any atom is 0.213 e. The molecule has 1 rings (SSSR count). The van der Waals surface area contributed by atoms with E-state index in [-0.39, 0.29) is 18.3 Å². The molecule has 0 amide bonds. The third-order valence-corrected chi connectivity index (χ3v) is 3.89. The molecule has 1 fully saturated rings. The van der Waals surface area contributed by atoms with Crippen molar-refractivity contribution in [1.29, 1.82) is 0 Å². The number of rotatable bonds is 4. The Morgan fingerprint density at radius 1 is 1.46 bits per heavy atom. The maximum atomic E-state index is 11.3. The van der Waals surface area contributed by atoms with E-state index in [1.54, 1.807) is 0 Å². The van der Waals surface area contributed by atoms with Crippen molar-refractivity contribution in [3.05, 3.63) is 0 Å². The lowest BCUT2D eigenvalue weighted by Crippen LogP contribution is -2.36. The smallest absolute Gasteiger partial charge is 0.213 e. The minimum absolute atomic E-state index is 0.0396. The fourth-order valence-electron chi connectivity index (χ4n) is 1.78. The fraction of sp³-hybridized carbons (Fsp3) is 1.00. The number of nitrogens with two attached hydrogens (primary N) is 1. The van der Waals surface area contributed by atoms with Crippen molar-refractivity contribution in [2.75, 3.05) is 12.3 Å². The number of sulfonamides is 1. The van der Waals surface area contributed by atoms with E-state index in [0.717, 1.165) is 19.3 Å². The van der Waals surface area contributed by atoms with E-state index in [2.05, 4.69) is 11.6 Å². The summed E-state index contributed by atoms with van der Waals surface area (Å²) < 4.78 is 25.3. The zero-order valence-corrected chi connectivity index (χ0v) is 8.81. The second-order valence-corrected chi connectivity index (χ2v) is 5.71. The molecule has 0 bridgehead atoms. The molecule has 0 aromatic carbocycles. The molecule has 0 aliphatic heterocycles. The first-order valence-electron chi connectivity index (χ1n) is 4.73. The van der Waals surface area contributed by atoms with Gasteiger partial charge < -0.3 is 5.73 Å². The zero-order valence-electron chi connectivity index (χ0n) is 7.99. The molecule has 1 saturated carbocycles. The van der Waals surface area contributed by atoms with Gasteiger partial charge in [0.25, 0.3) is 0 Å². The van der Waals surface area contributed by atoms with Crippen LogP contribution in [0.3, 0.4) is 0 Å². The number of nitrogens with one attached hydrogen (secondary N) is 1. The van der Waals surface area contributed by atoms with Crippen molar-refractivity contribution in [1.82, 2.24) is 4.72 Å². The van der Waals surface area contributed by atoms with Crippen LogP contribution >= 0.6 is 0 Å². The number of hydrogen-bond acceptors (Lipinski definition) is 3. The highest BCUT2D eigenvalue weighted by Crippen LogP contribution is 2.24. The monoisotopic (exact) mass is 206 g/mol. The molecule has 0 heterocycles. The van der Waals surface area contributed by atoms with Gasteiger partial charge in [0.15, 0.2) is 0 Å². The average molecular weight is 206 g/mol. The third kappa shape index (κ3) is 3.62. The van der Waals surface area contributed by atoms with Crippen LogP contribution in [0.4, 0.5) is 0 Å². The number of hydrogen-bond donors (Lipinski definition) is 2. The van der Waals surface area contributed by atoms with Gasteiger partial charge in [-0.1, -0.05) is 6.92 Å². The molecule has 0 spiro atoms. The summed E-state index contributed by atoms with van der Waals surface area (Å²) in [5.41, 5.74) is 5.20. The van der Waals surface area contributed by atoms with Gasteiger partial charge in [0.2, 0.25) is 10.0 Å². The molecule has 0 radical (unpaired) electrons. The van der Waals surface area contributed by atoms with Crippen LogP contribution in [0.2, 0.25) is 0 Å². The van der Waals surface area contributed by atoms with Crippen molar-refractivity contribution in [2.24, 2.45) is 11.7 Å². The molecular formula is C8H18N2O2S. The molecule has 0 saturated heterocycles. The first kappa shape index (κ1) is 10.9. The molecule has 1 aliphatic rings. The summed E-state index contributed by atoms with van der Waals surface area (Å²) in [6, 6.07) is 0.145. The molecular weight excluding hydrogens is 188 g/mol. The van der Waals surface area contributed by atoms with Crippen LogP contribution in [0.5, 0.6) is 0 Å². The molecule has 78 valence electrons. The maximum absolute atomic E-state index is 11.3. The first-order chi connectivity index (χ1) is 6.03. The Balaban J connectivity index is 2.40. The van der Waals surface area contributed by atoms with E-state index in [1.165, 1.54) is 0 Å². The molecule has 4 nitrogen and oxygen atoms in total. The molecule has 2 unspecified atom stereocenters. The van der Waals surface area contributed by atoms with Gasteiger partial charge in [0, 0.05) is 12.6 Å². The van der Waals surface area contributed by atoms with Gasteiger partial charge in [-0.05, 0) is 25.2 Å². The molecule has 13 heavy (non-hydrogen) atoms. The molecule has 0 aromatic rings. The van der Waals surface area contributed by atoms with Crippen molar-refractivity contribution in [3.63, 3.8) is 0 Å². The van der Waals surface area contributed by atoms with Crippen LogP contribution in [0.25, 0.3) is 0 Å². The lowest BCUT2D eigenvalue weighted by Gasteiger charge is -2.11. The molecule has 2 atom stereocenters. The Bertz CT molecular complexity index is 251. The van der Waals surface area contributed by atoms with E-state index in [9.17, 15) is 8.42 Å². The average Bonchev–Trinajstić information content (AvgIpc) is 2.34. The van der Waals surface area contributed by atoms with Gasteiger partial charge in [-0.25, -0.2) is 13.1 Å². The van der Waals surface area contributed by atoms with Crippen LogP contribution in [-0.4, -0.2) is 26.8 Å². The quantitative estimate of drug-likeness (QED) is 0.683. The van der Waals surface area contributed by atoms with Crippen LogP contribution in [0.1, 0.15) is 26.2 Å². The predicted molar refractivity (Wildman–Crippen MR) is 52.8 cm³/mol. The molecule has 0 aromatic heterocycles. The normalized spacial score (nSPS) is 29.4. The minimum Gasteiger partial charge on any atom is -0.329 e. The second kappa shape index (κ2) is 4.39. The van der Waals surface area contributed by atoms with Crippen molar-refractivity contribution in [3.8, 4) is 0 Å². The Kier molecular flexibility index (Phi) is 3.70. The minimum atomic E-state index is -3.11. The summed E-state index contributed by atoms with van der Waals surface area (Å²) in [5, 5.41) is 0. The van der Waals surface area contributed by atoms with E-state index < -0.39 is 10.0 Å². The Hall–Kier alpha value is -0.130. The van der Waals surface area contributed by atoms with Crippen molar-refractivity contribution >= 4 is 10.0 Å². The van der Waals surface area contributed by atoms with Crippen molar-refractivity contribution < 1.29 is 8.42 Å². The van der Waals surface area contributed by atoms with E-state index in [0.29, 0.717) is 5.92 Å². The summed E-state index contributed by atoms with van der Waals surface area (Å²) in [6.45, 7) is 2.34. The Morgan fingerprint density at radius 3 is 2.62 bits per heavy atom. The lowest BCUT2D eigenvalue weighted by atomic mass is 10.1. The predicted octanol–water partition coefficient (Wildman–Crippen LogP) is 0.0531. The first-order valence-corrected chi connectivity index (χ1v) is 6.39. The lowest BCUT2D eigenvalue weighted by molar-refractivity contribution is 0.538. The second-order valence-electron chi connectivity index (χ2n) is 3.84. The largest absolute Gasteiger partial charge is 0.329 e. The van der Waals surface area contributed by atoms with Crippen LogP contribution in [0.15, 0.2) is 0 Å². The summed E-state index contributed by atoms with van der Waals surface area (Å²) >= 11 is 0.